The van der Waals surface area contributed by atoms with Crippen LogP contribution >= 0.6 is 0 Å². The highest BCUT2D eigenvalue weighted by molar-refractivity contribution is 7.90. The molecule has 2 aromatic rings. The van der Waals surface area contributed by atoms with Gasteiger partial charge in [0, 0.05) is 12.1 Å². The van der Waals surface area contributed by atoms with Gasteiger partial charge in [0.2, 0.25) is 0 Å². The number of sulfone groups is 1. The van der Waals surface area contributed by atoms with E-state index in [-0.39, 0.29) is 22.4 Å². The molecule has 0 atom stereocenters. The van der Waals surface area contributed by atoms with Crippen molar-refractivity contribution in [3.8, 4) is 5.75 Å². The number of nitrogens with two attached hydrogens (primary N) is 1. The summed E-state index contributed by atoms with van der Waals surface area (Å²) in [7, 11) is -2.16. The molecule has 1 aromatic carbocycles. The Balaban J connectivity index is 2.41. The Morgan fingerprint density at radius 2 is 2.10 bits per heavy atom. The lowest BCUT2D eigenvalue weighted by Gasteiger charge is -2.11. The highest BCUT2D eigenvalue weighted by Crippen LogP contribution is 2.26. The molecule has 0 amide bonds. The molecule has 0 aliphatic heterocycles. The summed E-state index contributed by atoms with van der Waals surface area (Å²) in [4.78, 5) is 4.06. The first-order valence-corrected chi connectivity index (χ1v) is 8.05. The Morgan fingerprint density at radius 3 is 2.71 bits per heavy atom. The summed E-state index contributed by atoms with van der Waals surface area (Å²) in [6, 6.07) is 4.57. The van der Waals surface area contributed by atoms with Gasteiger partial charge in [-0.2, -0.15) is 5.10 Å². The Labute approximate surface area is 123 Å². The number of nitrogens with zero attached hydrogens (tertiary/aromatic N) is 3. The van der Waals surface area contributed by atoms with Crippen molar-refractivity contribution >= 4 is 15.5 Å². The molecule has 0 saturated carbocycles. The SMILES string of the molecule is COc1ccc(N)c(S(=O)(=O)Cc2ncnn2C(C)C)c1. The van der Waals surface area contributed by atoms with Crippen LogP contribution in [0.1, 0.15) is 25.7 Å². The Morgan fingerprint density at radius 1 is 1.38 bits per heavy atom. The van der Waals surface area contributed by atoms with Gasteiger partial charge in [0.1, 0.15) is 23.7 Å². The van der Waals surface area contributed by atoms with Crippen LogP contribution in [-0.4, -0.2) is 30.3 Å². The van der Waals surface area contributed by atoms with Gasteiger partial charge in [0.25, 0.3) is 0 Å². The van der Waals surface area contributed by atoms with Gasteiger partial charge >= 0.3 is 0 Å². The van der Waals surface area contributed by atoms with E-state index in [1.54, 1.807) is 10.7 Å². The van der Waals surface area contributed by atoms with E-state index in [0.717, 1.165) is 0 Å². The van der Waals surface area contributed by atoms with Gasteiger partial charge in [-0.05, 0) is 26.0 Å². The van der Waals surface area contributed by atoms with Crippen LogP contribution in [0.4, 0.5) is 5.69 Å². The maximum absolute atomic E-state index is 12.5. The second-order valence-corrected chi connectivity index (χ2v) is 6.84. The minimum atomic E-state index is -3.63. The van der Waals surface area contributed by atoms with E-state index in [4.69, 9.17) is 10.5 Å². The fourth-order valence-corrected chi connectivity index (χ4v) is 3.39. The number of hydrogen-bond donors (Lipinski definition) is 1. The molecule has 0 fully saturated rings. The third kappa shape index (κ3) is 3.15. The molecule has 0 aliphatic rings. The van der Waals surface area contributed by atoms with Gasteiger partial charge < -0.3 is 10.5 Å². The van der Waals surface area contributed by atoms with Gasteiger partial charge in [-0.25, -0.2) is 18.1 Å². The zero-order valence-electron chi connectivity index (χ0n) is 12.1. The molecule has 2 N–H and O–H groups in total. The van der Waals surface area contributed by atoms with Crippen molar-refractivity contribution in [2.45, 2.75) is 30.5 Å². The first-order chi connectivity index (χ1) is 9.85. The summed E-state index contributed by atoms with van der Waals surface area (Å²) < 4.78 is 31.7. The minimum Gasteiger partial charge on any atom is -0.497 e. The van der Waals surface area contributed by atoms with Crippen LogP contribution in [0.3, 0.4) is 0 Å². The van der Waals surface area contributed by atoms with Crippen LogP contribution in [-0.2, 0) is 15.6 Å². The highest BCUT2D eigenvalue weighted by Gasteiger charge is 2.23. The average molecular weight is 310 g/mol. The molecule has 0 bridgehead atoms. The number of aromatic nitrogens is 3. The number of methoxy groups -OCH3 is 1. The summed E-state index contributed by atoms with van der Waals surface area (Å²) >= 11 is 0. The number of hydrogen-bond acceptors (Lipinski definition) is 6. The lowest BCUT2D eigenvalue weighted by Crippen LogP contribution is -2.14. The van der Waals surface area contributed by atoms with E-state index in [2.05, 4.69) is 10.1 Å². The smallest absolute Gasteiger partial charge is 0.187 e. The number of ether oxygens (including phenoxy) is 1. The molecule has 21 heavy (non-hydrogen) atoms. The van der Waals surface area contributed by atoms with Crippen LogP contribution in [0, 0.1) is 0 Å². The molecule has 0 unspecified atom stereocenters. The summed E-state index contributed by atoms with van der Waals surface area (Å²) in [5, 5.41) is 4.03. The zero-order chi connectivity index (χ0) is 15.6. The zero-order valence-corrected chi connectivity index (χ0v) is 13.0. The number of anilines is 1. The fraction of sp³-hybridized carbons (Fsp3) is 0.385. The van der Waals surface area contributed by atoms with Crippen molar-refractivity contribution in [3.63, 3.8) is 0 Å². The normalized spacial score (nSPS) is 11.8. The summed E-state index contributed by atoms with van der Waals surface area (Å²) in [5.41, 5.74) is 5.97. The largest absolute Gasteiger partial charge is 0.497 e. The molecule has 1 heterocycles. The molecular formula is C13H18N4O3S. The maximum atomic E-state index is 12.5. The van der Waals surface area contributed by atoms with E-state index < -0.39 is 9.84 Å². The third-order valence-corrected chi connectivity index (χ3v) is 4.67. The Hall–Kier alpha value is -2.09. The maximum Gasteiger partial charge on any atom is 0.187 e. The van der Waals surface area contributed by atoms with Gasteiger partial charge in [-0.3, -0.25) is 0 Å². The van der Waals surface area contributed by atoms with E-state index in [9.17, 15) is 8.42 Å². The summed E-state index contributed by atoms with van der Waals surface area (Å²) in [6.07, 6.45) is 1.35. The van der Waals surface area contributed by atoms with E-state index in [1.165, 1.54) is 25.6 Å². The molecule has 1 aromatic heterocycles. The van der Waals surface area contributed by atoms with Crippen LogP contribution in [0.5, 0.6) is 5.75 Å². The van der Waals surface area contributed by atoms with Crippen molar-refractivity contribution in [1.82, 2.24) is 14.8 Å². The van der Waals surface area contributed by atoms with E-state index in [0.29, 0.717) is 11.6 Å². The molecule has 0 aliphatic carbocycles. The van der Waals surface area contributed by atoms with Gasteiger partial charge in [0.05, 0.1) is 17.7 Å². The van der Waals surface area contributed by atoms with Crippen molar-refractivity contribution in [1.29, 1.82) is 0 Å². The highest BCUT2D eigenvalue weighted by atomic mass is 32.2. The average Bonchev–Trinajstić information content (AvgIpc) is 2.86. The van der Waals surface area contributed by atoms with Gasteiger partial charge in [-0.1, -0.05) is 0 Å². The third-order valence-electron chi connectivity index (χ3n) is 3.01. The van der Waals surface area contributed by atoms with Crippen molar-refractivity contribution in [2.24, 2.45) is 0 Å². The first-order valence-electron chi connectivity index (χ1n) is 6.40. The molecule has 7 nitrogen and oxygen atoms in total. The van der Waals surface area contributed by atoms with Gasteiger partial charge in [-0.15, -0.1) is 0 Å². The summed E-state index contributed by atoms with van der Waals surface area (Å²) in [5.74, 6) is 0.558. The van der Waals surface area contributed by atoms with Gasteiger partial charge in [0.15, 0.2) is 9.84 Å². The number of benzene rings is 1. The second kappa shape index (κ2) is 5.72. The molecular weight excluding hydrogens is 292 g/mol. The molecule has 0 spiro atoms. The standard InChI is InChI=1S/C13H18N4O3S/c1-9(2)17-13(15-8-16-17)7-21(18,19)12-6-10(20-3)4-5-11(12)14/h4-6,8-9H,7,14H2,1-3H3. The van der Waals surface area contributed by atoms with Crippen molar-refractivity contribution in [2.75, 3.05) is 12.8 Å². The fourth-order valence-electron chi connectivity index (χ4n) is 1.97. The minimum absolute atomic E-state index is 0.0281. The van der Waals surface area contributed by atoms with Crippen molar-refractivity contribution < 1.29 is 13.2 Å². The van der Waals surface area contributed by atoms with E-state index >= 15 is 0 Å². The summed E-state index contributed by atoms with van der Waals surface area (Å²) in [6.45, 7) is 3.81. The molecule has 0 radical (unpaired) electrons. The quantitative estimate of drug-likeness (QED) is 0.838. The Kier molecular flexibility index (Phi) is 4.17. The van der Waals surface area contributed by atoms with E-state index in [1.807, 2.05) is 13.8 Å². The molecule has 8 heteroatoms. The monoisotopic (exact) mass is 310 g/mol. The topological polar surface area (TPSA) is 100 Å². The molecule has 0 saturated heterocycles. The number of nitrogen functional groups attached to an aromatic ring is 1. The first kappa shape index (κ1) is 15.3. The second-order valence-electron chi connectivity index (χ2n) is 4.88. The predicted molar refractivity (Wildman–Crippen MR) is 78.7 cm³/mol. The van der Waals surface area contributed by atoms with Crippen molar-refractivity contribution in [3.05, 3.63) is 30.4 Å². The predicted octanol–water partition coefficient (Wildman–Crippen LogP) is 1.42. The number of rotatable bonds is 5. The van der Waals surface area contributed by atoms with Crippen LogP contribution in [0.25, 0.3) is 0 Å². The van der Waals surface area contributed by atoms with Crippen LogP contribution < -0.4 is 10.5 Å². The molecule has 114 valence electrons. The molecule has 2 rings (SSSR count). The van der Waals surface area contributed by atoms with Crippen LogP contribution in [0.2, 0.25) is 0 Å². The lowest BCUT2D eigenvalue weighted by molar-refractivity contribution is 0.413. The Bertz CT molecular complexity index is 738. The lowest BCUT2D eigenvalue weighted by atomic mass is 10.3. The van der Waals surface area contributed by atoms with Crippen LogP contribution in [0.15, 0.2) is 29.4 Å².